The number of carbonyl (C=O) groups is 2. The van der Waals surface area contributed by atoms with Gasteiger partial charge in [-0.05, 0) is 31.2 Å². The van der Waals surface area contributed by atoms with Crippen LogP contribution in [0.15, 0.2) is 52.3 Å². The number of carbonyl (C=O) groups excluding carboxylic acids is 2. The van der Waals surface area contributed by atoms with Crippen molar-refractivity contribution in [3.63, 3.8) is 0 Å². The molecule has 33 heavy (non-hydrogen) atoms. The summed E-state index contributed by atoms with van der Waals surface area (Å²) in [4.78, 5) is 32.0. The van der Waals surface area contributed by atoms with Gasteiger partial charge in [-0.3, -0.25) is 19.1 Å². The van der Waals surface area contributed by atoms with E-state index < -0.39 is 64.2 Å². The minimum atomic E-state index is -5.90. The van der Waals surface area contributed by atoms with Crippen LogP contribution in [0.3, 0.4) is 0 Å². The van der Waals surface area contributed by atoms with Gasteiger partial charge < -0.3 is 9.47 Å². The summed E-state index contributed by atoms with van der Waals surface area (Å²) in [6.45, 7) is 1.59. The number of ether oxygens (including phenoxy) is 2. The van der Waals surface area contributed by atoms with Crippen LogP contribution in [-0.2, 0) is 30.2 Å². The molecule has 2 rings (SSSR count). The summed E-state index contributed by atoms with van der Waals surface area (Å²) in [6.07, 6.45) is 0. The molecule has 0 spiro atoms. The second-order valence-corrected chi connectivity index (χ2v) is 9.38. The monoisotopic (exact) mass is 509 g/mol. The molecule has 0 saturated heterocycles. The van der Waals surface area contributed by atoms with Gasteiger partial charge in [-0.25, -0.2) is 13.2 Å². The maximum atomic E-state index is 12.7. The summed E-state index contributed by atoms with van der Waals surface area (Å²) in [7, 11) is -8.40. The highest BCUT2D eigenvalue weighted by Gasteiger charge is 2.47. The Balaban J connectivity index is 2.30. The second-order valence-electron chi connectivity index (χ2n) is 6.02. The lowest BCUT2D eigenvalue weighted by Gasteiger charge is -2.10. The van der Waals surface area contributed by atoms with Gasteiger partial charge in [0.05, 0.1) is 27.2 Å². The van der Waals surface area contributed by atoms with Crippen molar-refractivity contribution in [3.05, 3.63) is 58.1 Å². The summed E-state index contributed by atoms with van der Waals surface area (Å²) in [5.74, 6) is -3.21. The molecule has 0 fully saturated rings. The maximum Gasteiger partial charge on any atom is 0.501 e. The topological polar surface area (TPSA) is 147 Å². The number of esters is 2. The Morgan fingerprint density at radius 3 is 2.36 bits per heavy atom. The number of nitrogens with zero attached hydrogens (tertiary/aromatic N) is 1. The smallest absolute Gasteiger partial charge is 0.462 e. The summed E-state index contributed by atoms with van der Waals surface area (Å²) in [5, 5.41) is 11.2. The fourth-order valence-corrected chi connectivity index (χ4v) is 4.20. The number of halogens is 3. The maximum absolute atomic E-state index is 12.7. The van der Waals surface area contributed by atoms with Crippen molar-refractivity contribution in [2.75, 3.05) is 12.4 Å². The molecule has 0 aromatic heterocycles. The van der Waals surface area contributed by atoms with E-state index in [2.05, 4.69) is 0 Å². The molecule has 10 nitrogen and oxygen atoms in total. The van der Waals surface area contributed by atoms with Gasteiger partial charge in [-0.2, -0.15) is 13.2 Å². The number of hydrogen-bond donors (Lipinski definition) is 0. The third kappa shape index (κ3) is 5.92. The molecule has 0 heterocycles. The molecule has 0 amide bonds. The average Bonchev–Trinajstić information content (AvgIpc) is 2.72. The van der Waals surface area contributed by atoms with E-state index in [4.69, 9.17) is 9.47 Å². The third-order valence-electron chi connectivity index (χ3n) is 3.84. The van der Waals surface area contributed by atoms with Crippen molar-refractivity contribution >= 4 is 38.3 Å². The zero-order valence-electron chi connectivity index (χ0n) is 16.5. The number of alkyl halides is 3. The molecule has 0 aliphatic carbocycles. The molecule has 178 valence electrons. The Morgan fingerprint density at radius 1 is 1.15 bits per heavy atom. The van der Waals surface area contributed by atoms with Crippen LogP contribution in [0.4, 0.5) is 18.9 Å². The average molecular weight is 509 g/mol. The Hall–Kier alpha value is -3.33. The minimum Gasteiger partial charge on any atom is -0.462 e. The normalized spacial score (nSPS) is 12.6. The molecular weight excluding hydrogens is 495 g/mol. The Kier molecular flexibility index (Phi) is 7.92. The highest BCUT2D eigenvalue weighted by atomic mass is 32.2. The summed E-state index contributed by atoms with van der Waals surface area (Å²) < 4.78 is 83.4. The van der Waals surface area contributed by atoms with Crippen LogP contribution in [0, 0.1) is 10.1 Å². The third-order valence-corrected chi connectivity index (χ3v) is 6.66. The van der Waals surface area contributed by atoms with E-state index in [1.165, 1.54) is 24.3 Å². The first-order valence-corrected chi connectivity index (χ1v) is 11.5. The number of sulfone groups is 1. The van der Waals surface area contributed by atoms with Gasteiger partial charge in [-0.15, -0.1) is 0 Å². The molecule has 2 aromatic carbocycles. The standard InChI is InChI=1S/C18H14F3NO9S2/c1-2-30-17(24)12-5-3-4-6-14(12)31-16(23)10-32(27)15-8-7-11(9-13(15)22(25)26)33(28,29)18(19,20)21/h3-9H,2,10H2,1H3. The summed E-state index contributed by atoms with van der Waals surface area (Å²) >= 11 is 0. The summed E-state index contributed by atoms with van der Waals surface area (Å²) in [5.41, 5.74) is -7.03. The lowest BCUT2D eigenvalue weighted by Crippen LogP contribution is -2.23. The van der Waals surface area contributed by atoms with Crippen LogP contribution in [0.2, 0.25) is 0 Å². The van der Waals surface area contributed by atoms with Crippen LogP contribution in [-0.4, -0.2) is 47.4 Å². The predicted octanol–water partition coefficient (Wildman–Crippen LogP) is 2.78. The lowest BCUT2D eigenvalue weighted by molar-refractivity contribution is -0.388. The highest BCUT2D eigenvalue weighted by Crippen LogP contribution is 2.34. The quantitative estimate of drug-likeness (QED) is 0.227. The van der Waals surface area contributed by atoms with E-state index in [0.29, 0.717) is 12.1 Å². The van der Waals surface area contributed by atoms with Gasteiger partial charge >= 0.3 is 17.4 Å². The number of hydrogen-bond acceptors (Lipinski definition) is 9. The molecule has 0 aliphatic heterocycles. The van der Waals surface area contributed by atoms with Crippen LogP contribution in [0.1, 0.15) is 17.3 Å². The van der Waals surface area contributed by atoms with Crippen LogP contribution in [0.25, 0.3) is 0 Å². The highest BCUT2D eigenvalue weighted by molar-refractivity contribution is 7.92. The van der Waals surface area contributed by atoms with Gasteiger partial charge in [0.25, 0.3) is 15.5 Å². The van der Waals surface area contributed by atoms with Gasteiger partial charge in [0.15, 0.2) is 0 Å². The number of benzene rings is 2. The van der Waals surface area contributed by atoms with E-state index in [1.807, 2.05) is 0 Å². The molecule has 0 radical (unpaired) electrons. The van der Waals surface area contributed by atoms with Gasteiger partial charge in [0.1, 0.15) is 22.0 Å². The Labute approximate surface area is 186 Å². The number of rotatable bonds is 8. The van der Waals surface area contributed by atoms with Crippen molar-refractivity contribution in [3.8, 4) is 5.75 Å². The fourth-order valence-electron chi connectivity index (χ4n) is 2.40. The molecule has 0 aliphatic rings. The van der Waals surface area contributed by atoms with E-state index in [1.54, 1.807) is 6.92 Å². The van der Waals surface area contributed by atoms with E-state index in [0.717, 1.165) is 0 Å². The molecule has 1 atom stereocenters. The predicted molar refractivity (Wildman–Crippen MR) is 106 cm³/mol. The first kappa shape index (κ1) is 25.9. The number of nitro groups is 1. The fraction of sp³-hybridized carbons (Fsp3) is 0.222. The lowest BCUT2D eigenvalue weighted by atomic mass is 10.2. The first-order chi connectivity index (χ1) is 15.3. The molecule has 15 heteroatoms. The Bertz CT molecular complexity index is 1230. The van der Waals surface area contributed by atoms with Crippen LogP contribution < -0.4 is 4.74 Å². The minimum absolute atomic E-state index is 0.0366. The second kappa shape index (κ2) is 10.1. The molecule has 0 bridgehead atoms. The molecule has 0 N–H and O–H groups in total. The number of para-hydroxylation sites is 1. The number of nitro benzene ring substituents is 1. The first-order valence-electron chi connectivity index (χ1n) is 8.74. The van der Waals surface area contributed by atoms with Crippen molar-refractivity contribution < 1.29 is 49.8 Å². The molecule has 0 saturated carbocycles. The molecular formula is C18H14F3NO9S2. The zero-order chi connectivity index (χ0) is 25.0. The molecule has 2 aromatic rings. The van der Waals surface area contributed by atoms with Crippen molar-refractivity contribution in [1.29, 1.82) is 0 Å². The van der Waals surface area contributed by atoms with E-state index in [-0.39, 0.29) is 24.0 Å². The largest absolute Gasteiger partial charge is 0.501 e. The van der Waals surface area contributed by atoms with Gasteiger partial charge in [-0.1, -0.05) is 12.1 Å². The zero-order valence-corrected chi connectivity index (χ0v) is 18.2. The van der Waals surface area contributed by atoms with Gasteiger partial charge in [0.2, 0.25) is 0 Å². The Morgan fingerprint density at radius 2 is 1.79 bits per heavy atom. The van der Waals surface area contributed by atoms with Crippen molar-refractivity contribution in [1.82, 2.24) is 0 Å². The summed E-state index contributed by atoms with van der Waals surface area (Å²) in [6, 6.07) is 6.47. The van der Waals surface area contributed by atoms with Crippen LogP contribution in [0.5, 0.6) is 5.75 Å². The SMILES string of the molecule is CCOC(=O)c1ccccc1OC(=O)CS(=O)c1ccc(S(=O)(=O)C(F)(F)F)cc1[N+](=O)[O-]. The van der Waals surface area contributed by atoms with E-state index >= 15 is 0 Å². The van der Waals surface area contributed by atoms with E-state index in [9.17, 15) is 45.5 Å². The van der Waals surface area contributed by atoms with Gasteiger partial charge in [0, 0.05) is 6.07 Å². The van der Waals surface area contributed by atoms with Crippen molar-refractivity contribution in [2.45, 2.75) is 22.2 Å². The van der Waals surface area contributed by atoms with Crippen LogP contribution >= 0.6 is 0 Å². The molecule has 1 unspecified atom stereocenters. The van der Waals surface area contributed by atoms with Crippen molar-refractivity contribution in [2.24, 2.45) is 0 Å².